The number of carbonyl (C=O) groups is 1. The average Bonchev–Trinajstić information content (AvgIpc) is 2.68. The first-order valence-corrected chi connectivity index (χ1v) is 10.3. The maximum absolute atomic E-state index is 12.6. The van der Waals surface area contributed by atoms with E-state index in [-0.39, 0.29) is 11.5 Å². The molecule has 4 aliphatic rings. The first kappa shape index (κ1) is 19.4. The zero-order valence-electron chi connectivity index (χ0n) is 17.1. The molecule has 0 heterocycles. The molecule has 4 aliphatic carbocycles. The second-order valence-electron chi connectivity index (χ2n) is 8.62. The van der Waals surface area contributed by atoms with Crippen molar-refractivity contribution in [3.63, 3.8) is 0 Å². The third-order valence-corrected chi connectivity index (χ3v) is 6.70. The van der Waals surface area contributed by atoms with E-state index in [4.69, 9.17) is 18.9 Å². The van der Waals surface area contributed by atoms with Crippen molar-refractivity contribution in [1.29, 1.82) is 0 Å². The van der Waals surface area contributed by atoms with Gasteiger partial charge < -0.3 is 24.3 Å². The van der Waals surface area contributed by atoms with E-state index < -0.39 is 0 Å². The largest absolute Gasteiger partial charge is 0.493 e. The van der Waals surface area contributed by atoms with E-state index in [1.807, 2.05) is 0 Å². The van der Waals surface area contributed by atoms with Gasteiger partial charge in [-0.2, -0.15) is 0 Å². The SMILES string of the molecule is COc1cc(C(=O)NCCOC23CC4CC(CC(C4)C2)C3)cc(OC)c1OC. The molecule has 0 unspecified atom stereocenters. The maximum atomic E-state index is 12.6. The maximum Gasteiger partial charge on any atom is 0.251 e. The Morgan fingerprint density at radius 3 is 1.96 bits per heavy atom. The molecular weight excluding hydrogens is 358 g/mol. The van der Waals surface area contributed by atoms with E-state index in [0.29, 0.717) is 36.0 Å². The van der Waals surface area contributed by atoms with E-state index in [0.717, 1.165) is 17.8 Å². The molecule has 1 amide bonds. The predicted octanol–water partition coefficient (Wildman–Crippen LogP) is 3.43. The van der Waals surface area contributed by atoms with Gasteiger partial charge in [0.1, 0.15) is 0 Å². The van der Waals surface area contributed by atoms with Crippen molar-refractivity contribution in [3.05, 3.63) is 17.7 Å². The van der Waals surface area contributed by atoms with Gasteiger partial charge in [0.25, 0.3) is 5.91 Å². The van der Waals surface area contributed by atoms with E-state index in [2.05, 4.69) is 5.32 Å². The highest BCUT2D eigenvalue weighted by Gasteiger charge is 2.51. The predicted molar refractivity (Wildman–Crippen MR) is 105 cm³/mol. The van der Waals surface area contributed by atoms with Gasteiger partial charge in [-0.05, 0) is 68.4 Å². The minimum absolute atomic E-state index is 0.0754. The molecule has 0 aromatic heterocycles. The first-order valence-electron chi connectivity index (χ1n) is 10.3. The molecule has 4 bridgehead atoms. The van der Waals surface area contributed by atoms with Gasteiger partial charge in [0, 0.05) is 12.1 Å². The average molecular weight is 389 g/mol. The highest BCUT2D eigenvalue weighted by molar-refractivity contribution is 5.95. The number of hydrogen-bond donors (Lipinski definition) is 1. The van der Waals surface area contributed by atoms with Gasteiger partial charge in [0.15, 0.2) is 11.5 Å². The number of benzene rings is 1. The van der Waals surface area contributed by atoms with Crippen molar-refractivity contribution < 1.29 is 23.7 Å². The number of ether oxygens (including phenoxy) is 4. The summed E-state index contributed by atoms with van der Waals surface area (Å²) in [5, 5.41) is 2.96. The van der Waals surface area contributed by atoms with Crippen LogP contribution >= 0.6 is 0 Å². The van der Waals surface area contributed by atoms with Crippen LogP contribution in [0.1, 0.15) is 48.9 Å². The van der Waals surface area contributed by atoms with Crippen LogP contribution in [-0.2, 0) is 4.74 Å². The summed E-state index contributed by atoms with van der Waals surface area (Å²) in [6.07, 6.45) is 7.83. The third-order valence-electron chi connectivity index (χ3n) is 6.70. The van der Waals surface area contributed by atoms with Crippen molar-refractivity contribution in [3.8, 4) is 17.2 Å². The summed E-state index contributed by atoms with van der Waals surface area (Å²) >= 11 is 0. The number of rotatable bonds is 8. The standard InChI is InChI=1S/C22H31NO5/c1-25-18-9-17(10-19(26-2)20(18)27-3)21(24)23-4-5-28-22-11-14-6-15(12-22)8-16(7-14)13-22/h9-10,14-16H,4-8,11-13H2,1-3H3,(H,23,24). The molecule has 1 aromatic carbocycles. The molecule has 0 atom stereocenters. The number of amides is 1. The Balaban J connectivity index is 1.33. The van der Waals surface area contributed by atoms with E-state index in [9.17, 15) is 4.79 Å². The Morgan fingerprint density at radius 2 is 1.50 bits per heavy atom. The van der Waals surface area contributed by atoms with Gasteiger partial charge in [0.2, 0.25) is 5.75 Å². The Hall–Kier alpha value is -1.95. The smallest absolute Gasteiger partial charge is 0.251 e. The molecule has 0 radical (unpaired) electrons. The van der Waals surface area contributed by atoms with Crippen LogP contribution in [0.2, 0.25) is 0 Å². The zero-order chi connectivity index (χ0) is 19.7. The minimum Gasteiger partial charge on any atom is -0.493 e. The molecule has 6 nitrogen and oxygen atoms in total. The minimum atomic E-state index is -0.173. The molecule has 0 saturated heterocycles. The molecule has 4 fully saturated rings. The first-order chi connectivity index (χ1) is 13.6. The summed E-state index contributed by atoms with van der Waals surface area (Å²) < 4.78 is 22.3. The highest BCUT2D eigenvalue weighted by Crippen LogP contribution is 2.57. The third kappa shape index (κ3) is 3.66. The van der Waals surface area contributed by atoms with Gasteiger partial charge in [-0.3, -0.25) is 4.79 Å². The molecule has 0 spiro atoms. The topological polar surface area (TPSA) is 66.0 Å². The van der Waals surface area contributed by atoms with Crippen molar-refractivity contribution in [2.75, 3.05) is 34.5 Å². The van der Waals surface area contributed by atoms with Crippen LogP contribution < -0.4 is 19.5 Å². The molecule has 28 heavy (non-hydrogen) atoms. The molecule has 0 aliphatic heterocycles. The monoisotopic (exact) mass is 389 g/mol. The summed E-state index contributed by atoms with van der Waals surface area (Å²) in [5.74, 6) is 3.83. The van der Waals surface area contributed by atoms with Crippen LogP contribution in [0.3, 0.4) is 0 Å². The second kappa shape index (κ2) is 7.82. The number of methoxy groups -OCH3 is 3. The van der Waals surface area contributed by atoms with Crippen molar-refractivity contribution in [1.82, 2.24) is 5.32 Å². The summed E-state index contributed by atoms with van der Waals surface area (Å²) in [6.45, 7) is 1.06. The summed E-state index contributed by atoms with van der Waals surface area (Å²) in [7, 11) is 4.62. The summed E-state index contributed by atoms with van der Waals surface area (Å²) in [4.78, 5) is 12.6. The van der Waals surface area contributed by atoms with Gasteiger partial charge in [-0.15, -0.1) is 0 Å². The van der Waals surface area contributed by atoms with Crippen molar-refractivity contribution in [2.24, 2.45) is 17.8 Å². The summed E-state index contributed by atoms with van der Waals surface area (Å²) in [6, 6.07) is 3.33. The van der Waals surface area contributed by atoms with Gasteiger partial charge >= 0.3 is 0 Å². The van der Waals surface area contributed by atoms with Crippen LogP contribution in [0.15, 0.2) is 12.1 Å². The highest BCUT2D eigenvalue weighted by atomic mass is 16.5. The van der Waals surface area contributed by atoms with E-state index in [1.54, 1.807) is 19.2 Å². The number of hydrogen-bond acceptors (Lipinski definition) is 5. The number of carbonyl (C=O) groups excluding carboxylic acids is 1. The van der Waals surface area contributed by atoms with Gasteiger partial charge in [0.05, 0.1) is 33.5 Å². The number of nitrogens with one attached hydrogen (secondary N) is 1. The fourth-order valence-electron chi connectivity index (χ4n) is 5.95. The molecule has 6 heteroatoms. The Morgan fingerprint density at radius 1 is 0.964 bits per heavy atom. The fourth-order valence-corrected chi connectivity index (χ4v) is 5.95. The Kier molecular flexibility index (Phi) is 5.41. The Bertz CT molecular complexity index is 671. The summed E-state index contributed by atoms with van der Waals surface area (Å²) in [5.41, 5.74) is 0.552. The normalized spacial score (nSPS) is 30.2. The van der Waals surface area contributed by atoms with Gasteiger partial charge in [-0.1, -0.05) is 0 Å². The van der Waals surface area contributed by atoms with E-state index >= 15 is 0 Å². The van der Waals surface area contributed by atoms with Crippen LogP contribution in [0.5, 0.6) is 17.2 Å². The molecule has 1 aromatic rings. The lowest BCUT2D eigenvalue weighted by Gasteiger charge is -2.56. The van der Waals surface area contributed by atoms with Crippen LogP contribution in [0.4, 0.5) is 0 Å². The van der Waals surface area contributed by atoms with E-state index in [1.165, 1.54) is 52.7 Å². The lowest BCUT2D eigenvalue weighted by Crippen LogP contribution is -2.52. The second-order valence-corrected chi connectivity index (χ2v) is 8.62. The molecular formula is C22H31NO5. The lowest BCUT2D eigenvalue weighted by atomic mass is 9.54. The molecule has 154 valence electrons. The lowest BCUT2D eigenvalue weighted by molar-refractivity contribution is -0.160. The fraction of sp³-hybridized carbons (Fsp3) is 0.682. The zero-order valence-corrected chi connectivity index (χ0v) is 17.1. The van der Waals surface area contributed by atoms with Crippen LogP contribution in [0.25, 0.3) is 0 Å². The molecule has 5 rings (SSSR count). The molecule has 4 saturated carbocycles. The van der Waals surface area contributed by atoms with Crippen LogP contribution in [-0.4, -0.2) is 46.0 Å². The Labute approximate surface area is 166 Å². The van der Waals surface area contributed by atoms with Crippen molar-refractivity contribution in [2.45, 2.75) is 44.1 Å². The van der Waals surface area contributed by atoms with Crippen LogP contribution in [0, 0.1) is 17.8 Å². The van der Waals surface area contributed by atoms with Gasteiger partial charge in [-0.25, -0.2) is 0 Å². The quantitative estimate of drug-likeness (QED) is 0.690. The molecule has 1 N–H and O–H groups in total. The van der Waals surface area contributed by atoms with Crippen molar-refractivity contribution >= 4 is 5.91 Å².